The zero-order valence-electron chi connectivity index (χ0n) is 13.5. The Hall–Kier alpha value is -2.83. The van der Waals surface area contributed by atoms with E-state index in [4.69, 9.17) is 4.74 Å². The number of anilines is 3. The van der Waals surface area contributed by atoms with Gasteiger partial charge in [-0.1, -0.05) is 6.92 Å². The quantitative estimate of drug-likeness (QED) is 0.729. The summed E-state index contributed by atoms with van der Waals surface area (Å²) in [5, 5.41) is 11.7. The summed E-state index contributed by atoms with van der Waals surface area (Å²) in [7, 11) is 3.52. The molecule has 2 aromatic heterocycles. The number of benzene rings is 1. The van der Waals surface area contributed by atoms with Crippen LogP contribution in [0.25, 0.3) is 11.0 Å². The molecule has 0 unspecified atom stereocenters. The number of nitrogens with zero attached hydrogens (tertiary/aromatic N) is 4. The molecule has 0 spiro atoms. The van der Waals surface area contributed by atoms with Gasteiger partial charge in [0.1, 0.15) is 11.6 Å². The highest BCUT2D eigenvalue weighted by Gasteiger charge is 2.11. The Kier molecular flexibility index (Phi) is 4.27. The van der Waals surface area contributed by atoms with Crippen LogP contribution in [0.5, 0.6) is 5.75 Å². The van der Waals surface area contributed by atoms with Gasteiger partial charge < -0.3 is 15.4 Å². The number of rotatable bonds is 6. The highest BCUT2D eigenvalue weighted by atomic mass is 16.5. The van der Waals surface area contributed by atoms with E-state index in [0.29, 0.717) is 5.95 Å². The van der Waals surface area contributed by atoms with Crippen LogP contribution in [0.15, 0.2) is 30.5 Å². The van der Waals surface area contributed by atoms with Gasteiger partial charge in [0, 0.05) is 19.3 Å². The van der Waals surface area contributed by atoms with E-state index in [1.54, 1.807) is 18.0 Å². The van der Waals surface area contributed by atoms with E-state index < -0.39 is 0 Å². The summed E-state index contributed by atoms with van der Waals surface area (Å²) in [6, 6.07) is 7.70. The lowest BCUT2D eigenvalue weighted by Gasteiger charge is -2.10. The Balaban J connectivity index is 1.96. The lowest BCUT2D eigenvalue weighted by molar-refractivity contribution is 0.415. The van der Waals surface area contributed by atoms with Crippen molar-refractivity contribution >= 4 is 28.5 Å². The molecular weight excluding hydrogens is 292 g/mol. The van der Waals surface area contributed by atoms with Crippen LogP contribution in [-0.2, 0) is 7.05 Å². The number of hydrogen-bond donors (Lipinski definition) is 2. The maximum atomic E-state index is 5.18. The van der Waals surface area contributed by atoms with Crippen LogP contribution in [0, 0.1) is 0 Å². The molecule has 0 fully saturated rings. The fourth-order valence-electron chi connectivity index (χ4n) is 2.24. The predicted molar refractivity (Wildman–Crippen MR) is 91.4 cm³/mol. The van der Waals surface area contributed by atoms with Crippen molar-refractivity contribution in [2.24, 2.45) is 7.05 Å². The van der Waals surface area contributed by atoms with Gasteiger partial charge in [0.2, 0.25) is 5.95 Å². The topological polar surface area (TPSA) is 76.9 Å². The average Bonchev–Trinajstić information content (AvgIpc) is 2.95. The molecule has 120 valence electrons. The monoisotopic (exact) mass is 312 g/mol. The van der Waals surface area contributed by atoms with Crippen LogP contribution in [0.4, 0.5) is 17.5 Å². The van der Waals surface area contributed by atoms with Gasteiger partial charge >= 0.3 is 0 Å². The van der Waals surface area contributed by atoms with Gasteiger partial charge in [0.15, 0.2) is 5.65 Å². The SMILES string of the molecule is CCCNc1nc(Nc2ccc(OC)cc2)c2cnn(C)c2n1. The molecule has 0 saturated heterocycles. The third-order valence-corrected chi connectivity index (χ3v) is 3.48. The first-order chi connectivity index (χ1) is 11.2. The zero-order valence-corrected chi connectivity index (χ0v) is 13.5. The van der Waals surface area contributed by atoms with Gasteiger partial charge in [-0.2, -0.15) is 15.1 Å². The van der Waals surface area contributed by atoms with E-state index in [-0.39, 0.29) is 0 Å². The summed E-state index contributed by atoms with van der Waals surface area (Å²) in [6.07, 6.45) is 2.78. The van der Waals surface area contributed by atoms with Crippen molar-refractivity contribution in [2.45, 2.75) is 13.3 Å². The Labute approximate surface area is 134 Å². The smallest absolute Gasteiger partial charge is 0.226 e. The van der Waals surface area contributed by atoms with Gasteiger partial charge in [-0.3, -0.25) is 4.68 Å². The molecule has 23 heavy (non-hydrogen) atoms. The molecule has 7 nitrogen and oxygen atoms in total. The molecule has 0 saturated carbocycles. The predicted octanol–water partition coefficient (Wildman–Crippen LogP) is 2.94. The molecule has 0 aliphatic carbocycles. The lowest BCUT2D eigenvalue weighted by Crippen LogP contribution is -2.07. The maximum Gasteiger partial charge on any atom is 0.226 e. The third kappa shape index (κ3) is 3.18. The minimum atomic E-state index is 0.596. The second-order valence-corrected chi connectivity index (χ2v) is 5.18. The molecule has 0 radical (unpaired) electrons. The number of fused-ring (bicyclic) bond motifs is 1. The second-order valence-electron chi connectivity index (χ2n) is 5.18. The van der Waals surface area contributed by atoms with Crippen molar-refractivity contribution < 1.29 is 4.74 Å². The van der Waals surface area contributed by atoms with Crippen molar-refractivity contribution in [1.29, 1.82) is 0 Å². The molecule has 3 aromatic rings. The number of ether oxygens (including phenoxy) is 1. The van der Waals surface area contributed by atoms with Gasteiger partial charge in [0.05, 0.1) is 18.7 Å². The first-order valence-electron chi connectivity index (χ1n) is 7.56. The summed E-state index contributed by atoms with van der Waals surface area (Å²) in [6.45, 7) is 2.93. The average molecular weight is 312 g/mol. The molecule has 3 rings (SSSR count). The number of methoxy groups -OCH3 is 1. The largest absolute Gasteiger partial charge is 0.497 e. The van der Waals surface area contributed by atoms with Gasteiger partial charge in [-0.15, -0.1) is 0 Å². The molecule has 1 aromatic carbocycles. The maximum absolute atomic E-state index is 5.18. The Morgan fingerprint density at radius 3 is 2.65 bits per heavy atom. The Morgan fingerprint density at radius 1 is 1.17 bits per heavy atom. The summed E-state index contributed by atoms with van der Waals surface area (Å²) in [4.78, 5) is 9.09. The van der Waals surface area contributed by atoms with E-state index >= 15 is 0 Å². The van der Waals surface area contributed by atoms with Crippen molar-refractivity contribution in [3.05, 3.63) is 30.5 Å². The summed E-state index contributed by atoms with van der Waals surface area (Å²) in [5.74, 6) is 2.14. The number of hydrogen-bond acceptors (Lipinski definition) is 6. The van der Waals surface area contributed by atoms with E-state index in [1.165, 1.54) is 0 Å². The van der Waals surface area contributed by atoms with Crippen LogP contribution in [0.3, 0.4) is 0 Å². The summed E-state index contributed by atoms with van der Waals surface area (Å²) in [5.41, 5.74) is 1.71. The van der Waals surface area contributed by atoms with Crippen molar-refractivity contribution in [1.82, 2.24) is 19.7 Å². The van der Waals surface area contributed by atoms with Crippen molar-refractivity contribution in [2.75, 3.05) is 24.3 Å². The standard InChI is InChI=1S/C16H20N6O/c1-4-9-17-16-20-14(13-10-18-22(2)15(13)21-16)19-11-5-7-12(23-3)8-6-11/h5-8,10H,4,9H2,1-3H3,(H2,17,19,20,21). The molecular formula is C16H20N6O. The molecule has 0 aliphatic rings. The fourth-order valence-corrected chi connectivity index (χ4v) is 2.24. The Bertz CT molecular complexity index is 796. The highest BCUT2D eigenvalue weighted by Crippen LogP contribution is 2.25. The van der Waals surface area contributed by atoms with Crippen LogP contribution in [0.2, 0.25) is 0 Å². The van der Waals surface area contributed by atoms with Crippen molar-refractivity contribution in [3.63, 3.8) is 0 Å². The minimum absolute atomic E-state index is 0.596. The first kappa shape index (κ1) is 15.1. The summed E-state index contributed by atoms with van der Waals surface area (Å²) >= 11 is 0. The van der Waals surface area contributed by atoms with Gasteiger partial charge in [0.25, 0.3) is 0 Å². The van der Waals surface area contributed by atoms with E-state index in [9.17, 15) is 0 Å². The fraction of sp³-hybridized carbons (Fsp3) is 0.312. The number of aromatic nitrogens is 4. The first-order valence-corrected chi connectivity index (χ1v) is 7.56. The Morgan fingerprint density at radius 2 is 1.96 bits per heavy atom. The van der Waals surface area contributed by atoms with E-state index in [2.05, 4.69) is 32.6 Å². The molecule has 0 amide bonds. The number of nitrogens with one attached hydrogen (secondary N) is 2. The van der Waals surface area contributed by atoms with Crippen LogP contribution < -0.4 is 15.4 Å². The van der Waals surface area contributed by atoms with E-state index in [1.807, 2.05) is 31.3 Å². The normalized spacial score (nSPS) is 10.7. The molecule has 2 heterocycles. The lowest BCUT2D eigenvalue weighted by atomic mass is 10.3. The molecule has 0 bridgehead atoms. The number of aryl methyl sites for hydroxylation is 1. The molecule has 0 atom stereocenters. The van der Waals surface area contributed by atoms with Crippen LogP contribution in [-0.4, -0.2) is 33.4 Å². The van der Waals surface area contributed by atoms with Crippen LogP contribution in [0.1, 0.15) is 13.3 Å². The zero-order chi connectivity index (χ0) is 16.2. The second kappa shape index (κ2) is 6.51. The third-order valence-electron chi connectivity index (χ3n) is 3.48. The van der Waals surface area contributed by atoms with Gasteiger partial charge in [-0.25, -0.2) is 0 Å². The minimum Gasteiger partial charge on any atom is -0.497 e. The van der Waals surface area contributed by atoms with E-state index in [0.717, 1.165) is 41.3 Å². The molecule has 2 N–H and O–H groups in total. The van der Waals surface area contributed by atoms with Gasteiger partial charge in [-0.05, 0) is 30.7 Å². The van der Waals surface area contributed by atoms with Crippen LogP contribution >= 0.6 is 0 Å². The highest BCUT2D eigenvalue weighted by molar-refractivity contribution is 5.89. The summed E-state index contributed by atoms with van der Waals surface area (Å²) < 4.78 is 6.92. The molecule has 0 aliphatic heterocycles. The van der Waals surface area contributed by atoms with Crippen molar-refractivity contribution in [3.8, 4) is 5.75 Å². The molecule has 7 heteroatoms.